The molecule has 2 aromatic rings. The van der Waals surface area contributed by atoms with E-state index >= 15 is 0 Å². The van der Waals surface area contributed by atoms with Crippen molar-refractivity contribution in [3.05, 3.63) is 34.9 Å². The van der Waals surface area contributed by atoms with Gasteiger partial charge in [-0.15, -0.1) is 0 Å². The number of anilines is 1. The monoisotopic (exact) mass is 202 g/mol. The number of nitrogens with two attached hydrogens (primary N) is 1. The lowest BCUT2D eigenvalue weighted by Gasteiger charge is -2.03. The van der Waals surface area contributed by atoms with Gasteiger partial charge in [-0.05, 0) is 26.3 Å². The van der Waals surface area contributed by atoms with Gasteiger partial charge < -0.3 is 10.3 Å². The standard InChI is InChI=1S/C12H14N2O/c1-7-4-5-10(8(2)6-7)11-9(3)12(13)14-15-11/h4-6H,1-3H3,(H2,13,14). The van der Waals surface area contributed by atoms with Crippen LogP contribution in [-0.4, -0.2) is 5.16 Å². The quantitative estimate of drug-likeness (QED) is 0.773. The van der Waals surface area contributed by atoms with Crippen LogP contribution in [0, 0.1) is 20.8 Å². The molecular weight excluding hydrogens is 188 g/mol. The predicted octanol–water partition coefficient (Wildman–Crippen LogP) is 2.85. The van der Waals surface area contributed by atoms with Gasteiger partial charge in [0.1, 0.15) is 0 Å². The lowest BCUT2D eigenvalue weighted by Crippen LogP contribution is -1.88. The summed E-state index contributed by atoms with van der Waals surface area (Å²) >= 11 is 0. The molecule has 2 rings (SSSR count). The molecule has 15 heavy (non-hydrogen) atoms. The molecule has 0 aliphatic rings. The van der Waals surface area contributed by atoms with Crippen LogP contribution in [0.5, 0.6) is 0 Å². The first-order valence-corrected chi connectivity index (χ1v) is 4.89. The van der Waals surface area contributed by atoms with Gasteiger partial charge in [0.05, 0.1) is 0 Å². The minimum atomic E-state index is 0.463. The van der Waals surface area contributed by atoms with E-state index < -0.39 is 0 Å². The molecule has 0 bridgehead atoms. The van der Waals surface area contributed by atoms with Gasteiger partial charge in [-0.1, -0.05) is 28.9 Å². The Bertz CT molecular complexity index is 500. The second kappa shape index (κ2) is 3.42. The highest BCUT2D eigenvalue weighted by atomic mass is 16.5. The normalized spacial score (nSPS) is 10.6. The van der Waals surface area contributed by atoms with Crippen molar-refractivity contribution in [2.24, 2.45) is 0 Å². The highest BCUT2D eigenvalue weighted by molar-refractivity contribution is 5.68. The van der Waals surface area contributed by atoms with Crippen molar-refractivity contribution >= 4 is 5.82 Å². The third-order valence-corrected chi connectivity index (χ3v) is 2.59. The number of nitrogen functional groups attached to an aromatic ring is 1. The van der Waals surface area contributed by atoms with E-state index in [1.807, 2.05) is 13.0 Å². The van der Waals surface area contributed by atoms with Crippen molar-refractivity contribution in [3.63, 3.8) is 0 Å². The van der Waals surface area contributed by atoms with Crippen LogP contribution in [0.1, 0.15) is 16.7 Å². The van der Waals surface area contributed by atoms with Gasteiger partial charge >= 0.3 is 0 Å². The Labute approximate surface area is 88.9 Å². The highest BCUT2D eigenvalue weighted by Crippen LogP contribution is 2.29. The van der Waals surface area contributed by atoms with Gasteiger partial charge in [-0.2, -0.15) is 0 Å². The smallest absolute Gasteiger partial charge is 0.172 e. The second-order valence-electron chi connectivity index (χ2n) is 3.84. The van der Waals surface area contributed by atoms with E-state index in [-0.39, 0.29) is 0 Å². The highest BCUT2D eigenvalue weighted by Gasteiger charge is 2.13. The van der Waals surface area contributed by atoms with Crippen molar-refractivity contribution in [1.82, 2.24) is 5.16 Å². The van der Waals surface area contributed by atoms with Crippen LogP contribution < -0.4 is 5.73 Å². The van der Waals surface area contributed by atoms with Crippen molar-refractivity contribution in [2.75, 3.05) is 5.73 Å². The van der Waals surface area contributed by atoms with E-state index in [4.69, 9.17) is 10.3 Å². The minimum absolute atomic E-state index is 0.463. The summed E-state index contributed by atoms with van der Waals surface area (Å²) in [6.45, 7) is 6.04. The SMILES string of the molecule is Cc1ccc(-c2onc(N)c2C)c(C)c1. The first-order chi connectivity index (χ1) is 7.09. The van der Waals surface area contributed by atoms with Crippen molar-refractivity contribution in [3.8, 4) is 11.3 Å². The Hall–Kier alpha value is -1.77. The Balaban J connectivity index is 2.59. The zero-order chi connectivity index (χ0) is 11.0. The van der Waals surface area contributed by atoms with Gasteiger partial charge in [0, 0.05) is 11.1 Å². The molecule has 0 saturated heterocycles. The summed E-state index contributed by atoms with van der Waals surface area (Å²) in [7, 11) is 0. The lowest BCUT2D eigenvalue weighted by atomic mass is 10.0. The molecule has 1 aromatic carbocycles. The first kappa shape index (κ1) is 9.77. The molecule has 3 heteroatoms. The van der Waals surface area contributed by atoms with E-state index in [1.165, 1.54) is 11.1 Å². The molecule has 0 unspecified atom stereocenters. The largest absolute Gasteiger partial charge is 0.381 e. The molecule has 0 atom stereocenters. The second-order valence-corrected chi connectivity index (χ2v) is 3.84. The van der Waals surface area contributed by atoms with E-state index in [0.29, 0.717) is 5.82 Å². The van der Waals surface area contributed by atoms with E-state index in [2.05, 4.69) is 31.1 Å². The molecule has 0 spiro atoms. The molecule has 2 N–H and O–H groups in total. The zero-order valence-corrected chi connectivity index (χ0v) is 9.16. The Morgan fingerprint density at radius 1 is 1.20 bits per heavy atom. The summed E-state index contributed by atoms with van der Waals surface area (Å²) in [5.41, 5.74) is 10.0. The summed E-state index contributed by atoms with van der Waals surface area (Å²) in [5.74, 6) is 1.23. The van der Waals surface area contributed by atoms with Crippen molar-refractivity contribution in [2.45, 2.75) is 20.8 Å². The van der Waals surface area contributed by atoms with Crippen LogP contribution in [0.15, 0.2) is 22.7 Å². The van der Waals surface area contributed by atoms with Gasteiger partial charge in [-0.3, -0.25) is 0 Å². The fourth-order valence-electron chi connectivity index (χ4n) is 1.67. The molecule has 0 aliphatic carbocycles. The summed E-state index contributed by atoms with van der Waals surface area (Å²) in [5, 5.41) is 3.76. The van der Waals surface area contributed by atoms with Crippen LogP contribution in [0.2, 0.25) is 0 Å². The topological polar surface area (TPSA) is 52.0 Å². The van der Waals surface area contributed by atoms with Crippen molar-refractivity contribution in [1.29, 1.82) is 0 Å². The summed E-state index contributed by atoms with van der Waals surface area (Å²) in [4.78, 5) is 0. The molecule has 3 nitrogen and oxygen atoms in total. The molecule has 1 heterocycles. The average Bonchev–Trinajstić information content (AvgIpc) is 2.49. The number of aryl methyl sites for hydroxylation is 2. The number of hydrogen-bond donors (Lipinski definition) is 1. The van der Waals surface area contributed by atoms with Gasteiger partial charge in [0.15, 0.2) is 11.6 Å². The predicted molar refractivity (Wildman–Crippen MR) is 60.6 cm³/mol. The maximum Gasteiger partial charge on any atom is 0.172 e. The lowest BCUT2D eigenvalue weighted by molar-refractivity contribution is 0.435. The Morgan fingerprint density at radius 3 is 2.47 bits per heavy atom. The van der Waals surface area contributed by atoms with E-state index in [1.54, 1.807) is 0 Å². The zero-order valence-electron chi connectivity index (χ0n) is 9.16. The van der Waals surface area contributed by atoms with Crippen LogP contribution in [-0.2, 0) is 0 Å². The van der Waals surface area contributed by atoms with Crippen LogP contribution in [0.3, 0.4) is 0 Å². The number of aromatic nitrogens is 1. The van der Waals surface area contributed by atoms with Crippen LogP contribution in [0.25, 0.3) is 11.3 Å². The summed E-state index contributed by atoms with van der Waals surface area (Å²) in [6.07, 6.45) is 0. The van der Waals surface area contributed by atoms with Gasteiger partial charge in [-0.25, -0.2) is 0 Å². The number of rotatable bonds is 1. The molecule has 0 amide bonds. The number of nitrogens with zero attached hydrogens (tertiary/aromatic N) is 1. The molecule has 0 saturated carbocycles. The number of benzene rings is 1. The third kappa shape index (κ3) is 1.61. The summed E-state index contributed by atoms with van der Waals surface area (Å²) < 4.78 is 5.23. The molecule has 1 aromatic heterocycles. The maximum absolute atomic E-state index is 5.65. The van der Waals surface area contributed by atoms with Crippen LogP contribution in [0.4, 0.5) is 5.82 Å². The Morgan fingerprint density at radius 2 is 1.93 bits per heavy atom. The Kier molecular flexibility index (Phi) is 2.23. The van der Waals surface area contributed by atoms with Crippen LogP contribution >= 0.6 is 0 Å². The van der Waals surface area contributed by atoms with Crippen molar-refractivity contribution < 1.29 is 4.52 Å². The molecule has 0 aliphatic heterocycles. The molecule has 0 fully saturated rings. The van der Waals surface area contributed by atoms with E-state index in [9.17, 15) is 0 Å². The first-order valence-electron chi connectivity index (χ1n) is 4.89. The maximum atomic E-state index is 5.65. The average molecular weight is 202 g/mol. The van der Waals surface area contributed by atoms with Gasteiger partial charge in [0.2, 0.25) is 0 Å². The van der Waals surface area contributed by atoms with Gasteiger partial charge in [0.25, 0.3) is 0 Å². The fourth-order valence-corrected chi connectivity index (χ4v) is 1.67. The molecule has 0 radical (unpaired) electrons. The number of hydrogen-bond acceptors (Lipinski definition) is 3. The summed E-state index contributed by atoms with van der Waals surface area (Å²) in [6, 6.07) is 6.21. The minimum Gasteiger partial charge on any atom is -0.381 e. The van der Waals surface area contributed by atoms with E-state index in [0.717, 1.165) is 16.9 Å². The fraction of sp³-hybridized carbons (Fsp3) is 0.250. The molecule has 78 valence electrons. The molecular formula is C12H14N2O. The third-order valence-electron chi connectivity index (χ3n) is 2.59.